The van der Waals surface area contributed by atoms with Gasteiger partial charge in [-0.15, -0.1) is 11.3 Å². The van der Waals surface area contributed by atoms with Crippen LogP contribution in [0.2, 0.25) is 0 Å². The van der Waals surface area contributed by atoms with Crippen LogP contribution < -0.4 is 11.1 Å². The number of H-pyrrole nitrogens is 1. The molecule has 1 saturated heterocycles. The topological polar surface area (TPSA) is 176 Å². The van der Waals surface area contributed by atoms with E-state index in [0.717, 1.165) is 17.6 Å². The number of aromatic nitrogens is 3. The molecule has 0 radical (unpaired) electrons. The lowest BCUT2D eigenvalue weighted by molar-refractivity contribution is -0.146. The summed E-state index contributed by atoms with van der Waals surface area (Å²) in [5.41, 5.74) is 6.33. The number of anilines is 1. The minimum atomic E-state index is -1.43. The van der Waals surface area contributed by atoms with Crippen LogP contribution in [0, 0.1) is 0 Å². The van der Waals surface area contributed by atoms with Gasteiger partial charge in [0.1, 0.15) is 19.0 Å². The third kappa shape index (κ3) is 4.18. The highest BCUT2D eigenvalue weighted by atomic mass is 32.2. The zero-order chi connectivity index (χ0) is 23.8. The summed E-state index contributed by atoms with van der Waals surface area (Å²) >= 11 is 3.63. The number of aliphatic carboxylic acids is 1. The van der Waals surface area contributed by atoms with Crippen LogP contribution in [0.15, 0.2) is 39.4 Å². The molecule has 1 fully saturated rings. The lowest BCUT2D eigenvalue weighted by atomic mass is 9.94. The van der Waals surface area contributed by atoms with Crippen molar-refractivity contribution in [1.82, 2.24) is 25.2 Å². The van der Waals surface area contributed by atoms with Crippen LogP contribution in [-0.4, -0.2) is 66.7 Å². The molecule has 15 heteroatoms. The van der Waals surface area contributed by atoms with Crippen LogP contribution >= 0.6 is 34.9 Å². The van der Waals surface area contributed by atoms with Crippen molar-refractivity contribution < 1.29 is 24.3 Å². The molecule has 0 aliphatic carbocycles. The molecule has 2 aliphatic heterocycles. The monoisotopic (exact) mass is 509 g/mol. The Morgan fingerprint density at radius 2 is 2.36 bits per heavy atom. The molecule has 3 atom stereocenters. The molecular weight excluding hydrogens is 490 g/mol. The average Bonchev–Trinajstić information content (AvgIpc) is 3.42. The predicted molar refractivity (Wildman–Crippen MR) is 123 cm³/mol. The zero-order valence-corrected chi connectivity index (χ0v) is 19.8. The number of carbonyl (C=O) groups excluding carboxylic acids is 2. The lowest BCUT2D eigenvalue weighted by Gasteiger charge is -2.52. The van der Waals surface area contributed by atoms with Gasteiger partial charge in [-0.25, -0.2) is 14.8 Å². The number of amides is 2. The van der Waals surface area contributed by atoms with Gasteiger partial charge in [0, 0.05) is 28.6 Å². The van der Waals surface area contributed by atoms with Crippen molar-refractivity contribution in [3.63, 3.8) is 0 Å². The number of β-lactam (4-membered cyclic amide) rings is 1. The van der Waals surface area contributed by atoms with Gasteiger partial charge in [0.05, 0.1) is 17.5 Å². The van der Waals surface area contributed by atoms with Crippen molar-refractivity contribution in [2.75, 3.05) is 12.8 Å². The van der Waals surface area contributed by atoms with Crippen molar-refractivity contribution in [3.8, 4) is 0 Å². The molecule has 4 heterocycles. The Hall–Kier alpha value is -3.04. The number of aromatic amines is 1. The molecule has 0 aromatic carbocycles. The number of nitrogens with one attached hydrogen (secondary N) is 2. The fourth-order valence-corrected chi connectivity index (χ4v) is 7.18. The summed E-state index contributed by atoms with van der Waals surface area (Å²) in [6.45, 7) is 1.77. The van der Waals surface area contributed by atoms with Gasteiger partial charge < -0.3 is 26.0 Å². The normalized spacial score (nSPS) is 23.3. The first kappa shape index (κ1) is 23.1. The van der Waals surface area contributed by atoms with E-state index in [1.165, 1.54) is 35.5 Å². The first-order valence-corrected chi connectivity index (χ1v) is 12.1. The zero-order valence-electron chi connectivity index (χ0n) is 17.3. The Morgan fingerprint density at radius 1 is 1.58 bits per heavy atom. The molecule has 174 valence electrons. The fourth-order valence-electron chi connectivity index (χ4n) is 3.67. The first-order valence-electron chi connectivity index (χ1n) is 9.50. The minimum Gasteiger partial charge on any atom is -0.477 e. The maximum atomic E-state index is 12.8. The van der Waals surface area contributed by atoms with Crippen LogP contribution in [0.1, 0.15) is 19.0 Å². The second-order valence-electron chi connectivity index (χ2n) is 6.92. The minimum absolute atomic E-state index is 0.123. The van der Waals surface area contributed by atoms with Crippen molar-refractivity contribution in [3.05, 3.63) is 34.7 Å². The van der Waals surface area contributed by atoms with E-state index in [-0.39, 0.29) is 28.7 Å². The van der Waals surface area contributed by atoms with E-state index in [1.807, 2.05) is 0 Å². The number of thioether (sulfide) groups is 2. The fraction of sp³-hybridized carbons (Fsp3) is 0.333. The van der Waals surface area contributed by atoms with Crippen LogP contribution in [-0.2, 0) is 24.1 Å². The van der Waals surface area contributed by atoms with Crippen molar-refractivity contribution in [2.24, 2.45) is 5.16 Å². The van der Waals surface area contributed by atoms with Gasteiger partial charge in [-0.1, -0.05) is 28.7 Å². The third-order valence-electron chi connectivity index (χ3n) is 4.92. The molecule has 2 aromatic rings. The van der Waals surface area contributed by atoms with Gasteiger partial charge in [0.2, 0.25) is 5.91 Å². The maximum Gasteiger partial charge on any atom is 0.352 e. The smallest absolute Gasteiger partial charge is 0.352 e. The van der Waals surface area contributed by atoms with Gasteiger partial charge in [-0.2, -0.15) is 0 Å². The summed E-state index contributed by atoms with van der Waals surface area (Å²) in [5.74, 6) is -2.23. The Bertz CT molecular complexity index is 1150. The molecule has 2 aromatic heterocycles. The van der Waals surface area contributed by atoms with E-state index in [1.54, 1.807) is 24.7 Å². The van der Waals surface area contributed by atoms with Gasteiger partial charge in [-0.05, 0) is 6.92 Å². The molecule has 2 amide bonds. The van der Waals surface area contributed by atoms with E-state index >= 15 is 0 Å². The number of nitrogen functional groups attached to an aromatic ring is 1. The number of carboxylic acid groups (broad SMARTS) is 1. The number of carboxylic acids is 1. The molecule has 2 aliphatic rings. The van der Waals surface area contributed by atoms with Crippen LogP contribution in [0.4, 0.5) is 5.13 Å². The molecule has 0 bridgehead atoms. The number of hydrogen-bond acceptors (Lipinski definition) is 11. The van der Waals surface area contributed by atoms with Gasteiger partial charge >= 0.3 is 5.97 Å². The number of nitrogens with zero attached hydrogens (tertiary/aromatic N) is 4. The molecule has 12 nitrogen and oxygen atoms in total. The van der Waals surface area contributed by atoms with Gasteiger partial charge in [0.15, 0.2) is 15.2 Å². The summed E-state index contributed by atoms with van der Waals surface area (Å²) in [4.78, 5) is 53.7. The summed E-state index contributed by atoms with van der Waals surface area (Å²) in [5, 5.41) is 18.0. The SMILES string of the molecule is CON=CC(=O)NC1(c2csc(N)n2)S[C@H]2CC(=O)N2C(C(=O)O)=C1C(C)Sc1ncc[nH]1. The number of imidazole rings is 1. The third-order valence-corrected chi connectivity index (χ3v) is 8.17. The lowest BCUT2D eigenvalue weighted by Crippen LogP contribution is -2.62. The Morgan fingerprint density at radius 3 is 2.94 bits per heavy atom. The van der Waals surface area contributed by atoms with Crippen molar-refractivity contribution in [1.29, 1.82) is 0 Å². The average molecular weight is 510 g/mol. The molecule has 2 unspecified atom stereocenters. The van der Waals surface area contributed by atoms with Gasteiger partial charge in [-0.3, -0.25) is 14.5 Å². The second kappa shape index (κ2) is 9.07. The molecule has 5 N–H and O–H groups in total. The Labute approximate surface area is 200 Å². The Kier molecular flexibility index (Phi) is 6.36. The van der Waals surface area contributed by atoms with E-state index in [2.05, 4.69) is 30.3 Å². The van der Waals surface area contributed by atoms with Crippen molar-refractivity contribution in [2.45, 2.75) is 34.0 Å². The number of hydrogen-bond donors (Lipinski definition) is 4. The number of fused-ring (bicyclic) bond motifs is 1. The quantitative estimate of drug-likeness (QED) is 0.175. The standard InChI is InChI=1S/C18H19N7O5S3/c1-8(32-17-20-3-4-21-17)13-14(15(28)29)25-11(27)5-12(25)33-18(13,9-7-31-16(19)23-9)24-10(26)6-22-30-2/h3-4,6-8,12H,5H2,1-2H3,(H2,19,23)(H,20,21)(H,24,26)(H,28,29)/t8?,12-,18?/m0/s1. The highest BCUT2D eigenvalue weighted by molar-refractivity contribution is 8.01. The van der Waals surface area contributed by atoms with Gasteiger partial charge in [0.25, 0.3) is 5.91 Å². The van der Waals surface area contributed by atoms with Crippen LogP contribution in [0.5, 0.6) is 0 Å². The molecular formula is C18H19N7O5S3. The molecule has 0 spiro atoms. The highest BCUT2D eigenvalue weighted by Crippen LogP contribution is 2.56. The summed E-state index contributed by atoms with van der Waals surface area (Å²) in [6, 6.07) is 0. The largest absolute Gasteiger partial charge is 0.477 e. The number of thiazole rings is 1. The summed E-state index contributed by atoms with van der Waals surface area (Å²) in [7, 11) is 1.30. The summed E-state index contributed by atoms with van der Waals surface area (Å²) in [6.07, 6.45) is 4.28. The number of nitrogens with two attached hydrogens (primary N) is 1. The first-order chi connectivity index (χ1) is 15.8. The van der Waals surface area contributed by atoms with Crippen LogP contribution in [0.3, 0.4) is 0 Å². The van der Waals surface area contributed by atoms with E-state index in [9.17, 15) is 19.5 Å². The van der Waals surface area contributed by atoms with Crippen LogP contribution in [0.25, 0.3) is 0 Å². The Balaban J connectivity index is 1.93. The van der Waals surface area contributed by atoms with E-state index in [4.69, 9.17) is 5.73 Å². The predicted octanol–water partition coefficient (Wildman–Crippen LogP) is 1.17. The maximum absolute atomic E-state index is 12.8. The number of rotatable bonds is 8. The second-order valence-corrected chi connectivity index (χ2v) is 10.5. The van der Waals surface area contributed by atoms with E-state index < -0.39 is 27.4 Å². The number of carbonyl (C=O) groups is 3. The molecule has 33 heavy (non-hydrogen) atoms. The van der Waals surface area contributed by atoms with E-state index in [0.29, 0.717) is 10.9 Å². The van der Waals surface area contributed by atoms with Crippen molar-refractivity contribution >= 4 is 64.0 Å². The molecule has 0 saturated carbocycles. The molecule has 4 rings (SSSR count). The summed E-state index contributed by atoms with van der Waals surface area (Å²) < 4.78 is 0. The number of oxime groups is 1. The highest BCUT2D eigenvalue weighted by Gasteiger charge is 2.58.